The summed E-state index contributed by atoms with van der Waals surface area (Å²) < 4.78 is 2.31. The lowest BCUT2D eigenvalue weighted by atomic mass is 9.98. The monoisotopic (exact) mass is 292 g/mol. The highest BCUT2D eigenvalue weighted by Gasteiger charge is 2.18. The molecule has 0 amide bonds. The number of aromatic nitrogens is 3. The van der Waals surface area contributed by atoms with E-state index in [1.807, 2.05) is 6.07 Å². The summed E-state index contributed by atoms with van der Waals surface area (Å²) in [6.45, 7) is 5.47. The molecule has 0 aliphatic carbocycles. The van der Waals surface area contributed by atoms with Gasteiger partial charge in [-0.3, -0.25) is 0 Å². The molecule has 0 radical (unpaired) electrons. The summed E-state index contributed by atoms with van der Waals surface area (Å²) in [6, 6.07) is 1.92. The minimum atomic E-state index is 0.659. The SMILES string of the molecule is CCCc1nc2cc(Cl)cnc2n1CC1CCNCC1. The van der Waals surface area contributed by atoms with Gasteiger partial charge in [0.05, 0.1) is 5.02 Å². The van der Waals surface area contributed by atoms with Gasteiger partial charge in [-0.25, -0.2) is 9.97 Å². The van der Waals surface area contributed by atoms with Crippen LogP contribution in [-0.2, 0) is 13.0 Å². The third-order valence-electron chi connectivity index (χ3n) is 4.00. The zero-order chi connectivity index (χ0) is 13.9. The Labute approximate surface area is 124 Å². The normalized spacial score (nSPS) is 16.9. The van der Waals surface area contributed by atoms with E-state index >= 15 is 0 Å². The van der Waals surface area contributed by atoms with Gasteiger partial charge in [-0.2, -0.15) is 0 Å². The molecule has 1 aliphatic heterocycles. The van der Waals surface area contributed by atoms with Gasteiger partial charge in [0.2, 0.25) is 0 Å². The van der Waals surface area contributed by atoms with E-state index in [-0.39, 0.29) is 0 Å². The number of hydrogen-bond donors (Lipinski definition) is 1. The van der Waals surface area contributed by atoms with E-state index in [0.29, 0.717) is 5.02 Å². The van der Waals surface area contributed by atoms with Crippen molar-refractivity contribution in [2.24, 2.45) is 5.92 Å². The highest BCUT2D eigenvalue weighted by molar-refractivity contribution is 6.31. The number of halogens is 1. The number of fused-ring (bicyclic) bond motifs is 1. The van der Waals surface area contributed by atoms with Crippen LogP contribution in [-0.4, -0.2) is 27.6 Å². The van der Waals surface area contributed by atoms with Gasteiger partial charge in [0.1, 0.15) is 11.3 Å². The predicted molar refractivity (Wildman–Crippen MR) is 82.1 cm³/mol. The Hall–Kier alpha value is -1.13. The molecule has 2 aromatic rings. The van der Waals surface area contributed by atoms with E-state index in [0.717, 1.165) is 55.4 Å². The van der Waals surface area contributed by atoms with Crippen LogP contribution in [0.5, 0.6) is 0 Å². The summed E-state index contributed by atoms with van der Waals surface area (Å²) in [5.41, 5.74) is 1.91. The van der Waals surface area contributed by atoms with Crippen molar-refractivity contribution in [3.63, 3.8) is 0 Å². The first-order valence-corrected chi connectivity index (χ1v) is 7.87. The molecule has 4 nitrogen and oxygen atoms in total. The summed E-state index contributed by atoms with van der Waals surface area (Å²) in [6.07, 6.45) is 6.29. The molecule has 0 unspecified atom stereocenters. The molecule has 5 heteroatoms. The third kappa shape index (κ3) is 2.81. The Morgan fingerprint density at radius 3 is 2.95 bits per heavy atom. The molecule has 0 aromatic carbocycles. The van der Waals surface area contributed by atoms with Crippen LogP contribution in [0.3, 0.4) is 0 Å². The minimum Gasteiger partial charge on any atom is -0.317 e. The fourth-order valence-corrected chi connectivity index (χ4v) is 3.11. The first kappa shape index (κ1) is 13.8. The molecule has 1 saturated heterocycles. The van der Waals surface area contributed by atoms with Crippen LogP contribution in [0.25, 0.3) is 11.2 Å². The molecule has 20 heavy (non-hydrogen) atoms. The molecule has 2 aromatic heterocycles. The van der Waals surface area contributed by atoms with E-state index in [9.17, 15) is 0 Å². The van der Waals surface area contributed by atoms with Crippen molar-refractivity contribution in [3.05, 3.63) is 23.1 Å². The van der Waals surface area contributed by atoms with Crippen molar-refractivity contribution in [2.45, 2.75) is 39.2 Å². The van der Waals surface area contributed by atoms with Gasteiger partial charge in [0.25, 0.3) is 0 Å². The predicted octanol–water partition coefficient (Wildman–Crippen LogP) is 3.04. The fraction of sp³-hybridized carbons (Fsp3) is 0.600. The van der Waals surface area contributed by atoms with Crippen molar-refractivity contribution in [2.75, 3.05) is 13.1 Å². The molecule has 108 valence electrons. The second-order valence-corrected chi connectivity index (χ2v) is 6.01. The topological polar surface area (TPSA) is 42.7 Å². The Balaban J connectivity index is 1.95. The van der Waals surface area contributed by atoms with Gasteiger partial charge in [-0.1, -0.05) is 18.5 Å². The van der Waals surface area contributed by atoms with Crippen LogP contribution in [0.4, 0.5) is 0 Å². The van der Waals surface area contributed by atoms with Crippen molar-refractivity contribution in [3.8, 4) is 0 Å². The number of rotatable bonds is 4. The zero-order valence-corrected chi connectivity index (χ0v) is 12.7. The van der Waals surface area contributed by atoms with Crippen molar-refractivity contribution in [1.82, 2.24) is 19.9 Å². The van der Waals surface area contributed by atoms with Gasteiger partial charge in [0.15, 0.2) is 5.65 Å². The average molecular weight is 293 g/mol. The zero-order valence-electron chi connectivity index (χ0n) is 11.9. The van der Waals surface area contributed by atoms with E-state index in [4.69, 9.17) is 16.6 Å². The van der Waals surface area contributed by atoms with Gasteiger partial charge < -0.3 is 9.88 Å². The Morgan fingerprint density at radius 2 is 2.20 bits per heavy atom. The molecule has 1 fully saturated rings. The van der Waals surface area contributed by atoms with Gasteiger partial charge in [-0.05, 0) is 44.3 Å². The third-order valence-corrected chi connectivity index (χ3v) is 4.21. The quantitative estimate of drug-likeness (QED) is 0.942. The molecule has 0 atom stereocenters. The number of pyridine rings is 1. The molecule has 0 bridgehead atoms. The van der Waals surface area contributed by atoms with Crippen LogP contribution < -0.4 is 5.32 Å². The fourth-order valence-electron chi connectivity index (χ4n) is 2.96. The molecule has 3 rings (SSSR count). The minimum absolute atomic E-state index is 0.659. The molecular weight excluding hydrogens is 272 g/mol. The van der Waals surface area contributed by atoms with Crippen LogP contribution in [0.2, 0.25) is 5.02 Å². The first-order chi connectivity index (χ1) is 9.78. The summed E-state index contributed by atoms with van der Waals surface area (Å²) >= 11 is 6.03. The van der Waals surface area contributed by atoms with E-state index in [2.05, 4.69) is 21.8 Å². The Bertz CT molecular complexity index is 587. The Kier molecular flexibility index (Phi) is 4.22. The van der Waals surface area contributed by atoms with Crippen LogP contribution in [0, 0.1) is 5.92 Å². The molecular formula is C15H21ClN4. The number of hydrogen-bond acceptors (Lipinski definition) is 3. The van der Waals surface area contributed by atoms with Gasteiger partial charge >= 0.3 is 0 Å². The summed E-state index contributed by atoms with van der Waals surface area (Å²) in [7, 11) is 0. The average Bonchev–Trinajstić information content (AvgIpc) is 2.77. The van der Waals surface area contributed by atoms with E-state index in [1.165, 1.54) is 12.8 Å². The number of nitrogens with zero attached hydrogens (tertiary/aromatic N) is 3. The lowest BCUT2D eigenvalue weighted by molar-refractivity contribution is 0.332. The summed E-state index contributed by atoms with van der Waals surface area (Å²) in [4.78, 5) is 9.23. The maximum absolute atomic E-state index is 6.03. The smallest absolute Gasteiger partial charge is 0.160 e. The molecule has 1 N–H and O–H groups in total. The lowest BCUT2D eigenvalue weighted by Crippen LogP contribution is -2.30. The first-order valence-electron chi connectivity index (χ1n) is 7.49. The largest absolute Gasteiger partial charge is 0.317 e. The second kappa shape index (κ2) is 6.10. The van der Waals surface area contributed by atoms with Crippen molar-refractivity contribution < 1.29 is 0 Å². The van der Waals surface area contributed by atoms with Crippen LogP contribution in [0.1, 0.15) is 32.0 Å². The number of imidazole rings is 1. The molecule has 1 aliphatic rings. The summed E-state index contributed by atoms with van der Waals surface area (Å²) in [5.74, 6) is 1.87. The highest BCUT2D eigenvalue weighted by atomic mass is 35.5. The second-order valence-electron chi connectivity index (χ2n) is 5.58. The van der Waals surface area contributed by atoms with E-state index in [1.54, 1.807) is 6.20 Å². The van der Waals surface area contributed by atoms with Crippen molar-refractivity contribution >= 4 is 22.8 Å². The lowest BCUT2D eigenvalue weighted by Gasteiger charge is -2.23. The van der Waals surface area contributed by atoms with Gasteiger partial charge in [-0.15, -0.1) is 0 Å². The van der Waals surface area contributed by atoms with Gasteiger partial charge in [0, 0.05) is 19.2 Å². The van der Waals surface area contributed by atoms with Crippen LogP contribution in [0.15, 0.2) is 12.3 Å². The maximum atomic E-state index is 6.03. The standard InChI is InChI=1S/C15H21ClN4/c1-2-3-14-19-13-8-12(16)9-18-15(13)20(14)10-11-4-6-17-7-5-11/h8-9,11,17H,2-7,10H2,1H3. The molecule has 0 saturated carbocycles. The van der Waals surface area contributed by atoms with E-state index < -0.39 is 0 Å². The van der Waals surface area contributed by atoms with Crippen molar-refractivity contribution in [1.29, 1.82) is 0 Å². The number of aryl methyl sites for hydroxylation is 1. The highest BCUT2D eigenvalue weighted by Crippen LogP contribution is 2.22. The number of piperidine rings is 1. The molecule has 0 spiro atoms. The summed E-state index contributed by atoms with van der Waals surface area (Å²) in [5, 5.41) is 4.08. The van der Waals surface area contributed by atoms with Crippen LogP contribution >= 0.6 is 11.6 Å². The number of nitrogens with one attached hydrogen (secondary N) is 1. The Morgan fingerprint density at radius 1 is 1.40 bits per heavy atom. The molecule has 3 heterocycles. The maximum Gasteiger partial charge on any atom is 0.160 e.